The zero-order valence-corrected chi connectivity index (χ0v) is 16.0. The van der Waals surface area contributed by atoms with Crippen LogP contribution in [0.3, 0.4) is 0 Å². The Labute approximate surface area is 160 Å². The van der Waals surface area contributed by atoms with Crippen molar-refractivity contribution in [1.82, 2.24) is 15.1 Å². The molecular formula is C21H27N3OS. The second-order valence-electron chi connectivity index (χ2n) is 6.55. The highest BCUT2D eigenvalue weighted by molar-refractivity contribution is 7.99. The summed E-state index contributed by atoms with van der Waals surface area (Å²) in [6.07, 6.45) is 0. The number of hydrogen-bond donors (Lipinski definition) is 1. The van der Waals surface area contributed by atoms with Gasteiger partial charge in [0.1, 0.15) is 0 Å². The van der Waals surface area contributed by atoms with Gasteiger partial charge in [0.2, 0.25) is 5.91 Å². The van der Waals surface area contributed by atoms with Gasteiger partial charge < -0.3 is 5.32 Å². The minimum atomic E-state index is 0.134. The molecule has 0 spiro atoms. The number of nitrogens with one attached hydrogen (secondary N) is 1. The molecule has 0 aliphatic carbocycles. The van der Waals surface area contributed by atoms with Crippen LogP contribution >= 0.6 is 11.8 Å². The molecule has 2 aromatic carbocycles. The van der Waals surface area contributed by atoms with Crippen LogP contribution in [0.25, 0.3) is 0 Å². The summed E-state index contributed by atoms with van der Waals surface area (Å²) in [7, 11) is 0. The fraction of sp³-hybridized carbons (Fsp3) is 0.381. The Balaban J connectivity index is 1.28. The Morgan fingerprint density at radius 1 is 0.885 bits per heavy atom. The van der Waals surface area contributed by atoms with E-state index in [9.17, 15) is 4.79 Å². The van der Waals surface area contributed by atoms with Crippen molar-refractivity contribution < 1.29 is 4.79 Å². The first kappa shape index (κ1) is 19.0. The van der Waals surface area contributed by atoms with Gasteiger partial charge in [-0.2, -0.15) is 0 Å². The molecule has 1 saturated heterocycles. The van der Waals surface area contributed by atoms with Gasteiger partial charge in [0.25, 0.3) is 0 Å². The van der Waals surface area contributed by atoms with Crippen LogP contribution in [0.4, 0.5) is 0 Å². The monoisotopic (exact) mass is 369 g/mol. The number of benzene rings is 2. The van der Waals surface area contributed by atoms with E-state index in [4.69, 9.17) is 0 Å². The Morgan fingerprint density at radius 3 is 2.19 bits per heavy atom. The van der Waals surface area contributed by atoms with Crippen molar-refractivity contribution in [3.05, 3.63) is 66.2 Å². The number of carbonyl (C=O) groups is 1. The molecule has 2 aromatic rings. The molecule has 0 unspecified atom stereocenters. The second-order valence-corrected chi connectivity index (χ2v) is 7.72. The lowest BCUT2D eigenvalue weighted by Crippen LogP contribution is -2.49. The third-order valence-corrected chi connectivity index (χ3v) is 5.53. The summed E-state index contributed by atoms with van der Waals surface area (Å²) in [4.78, 5) is 18.1. The van der Waals surface area contributed by atoms with Gasteiger partial charge in [-0.1, -0.05) is 48.5 Å². The smallest absolute Gasteiger partial charge is 0.234 e. The number of nitrogens with zero attached hydrogens (tertiary/aromatic N) is 2. The lowest BCUT2D eigenvalue weighted by Gasteiger charge is -2.34. The minimum absolute atomic E-state index is 0.134. The lowest BCUT2D eigenvalue weighted by atomic mass is 10.2. The Kier molecular flexibility index (Phi) is 7.55. The third-order valence-electron chi connectivity index (χ3n) is 4.52. The molecule has 0 bridgehead atoms. The maximum atomic E-state index is 12.1. The molecule has 1 aliphatic heterocycles. The number of rotatable bonds is 8. The largest absolute Gasteiger partial charge is 0.354 e. The maximum absolute atomic E-state index is 12.1. The molecule has 0 aromatic heterocycles. The van der Waals surface area contributed by atoms with Gasteiger partial charge in [-0.05, 0) is 17.7 Å². The molecule has 1 N–H and O–H groups in total. The summed E-state index contributed by atoms with van der Waals surface area (Å²) in [5.74, 6) is 1.04. The van der Waals surface area contributed by atoms with E-state index in [1.165, 1.54) is 10.5 Å². The quantitative estimate of drug-likeness (QED) is 0.573. The summed E-state index contributed by atoms with van der Waals surface area (Å²) in [5.41, 5.74) is 1.36. The van der Waals surface area contributed by atoms with Crippen LogP contribution in [0.2, 0.25) is 0 Å². The van der Waals surface area contributed by atoms with Gasteiger partial charge in [-0.25, -0.2) is 0 Å². The van der Waals surface area contributed by atoms with Gasteiger partial charge in [0, 0.05) is 49.9 Å². The predicted molar refractivity (Wildman–Crippen MR) is 108 cm³/mol. The SMILES string of the molecule is O=C(CN1CCN(Cc2ccccc2)CC1)NCCSc1ccccc1. The van der Waals surface area contributed by atoms with Crippen molar-refractivity contribution in [1.29, 1.82) is 0 Å². The molecule has 138 valence electrons. The Bertz CT molecular complexity index is 657. The first-order valence-electron chi connectivity index (χ1n) is 9.23. The van der Waals surface area contributed by atoms with Crippen molar-refractivity contribution in [3.8, 4) is 0 Å². The topological polar surface area (TPSA) is 35.6 Å². The zero-order valence-electron chi connectivity index (χ0n) is 15.1. The van der Waals surface area contributed by atoms with Gasteiger partial charge in [-0.3, -0.25) is 14.6 Å². The number of piperazine rings is 1. The van der Waals surface area contributed by atoms with E-state index in [1.54, 1.807) is 11.8 Å². The van der Waals surface area contributed by atoms with E-state index in [0.717, 1.165) is 38.5 Å². The van der Waals surface area contributed by atoms with E-state index in [1.807, 2.05) is 18.2 Å². The number of hydrogen-bond acceptors (Lipinski definition) is 4. The van der Waals surface area contributed by atoms with E-state index >= 15 is 0 Å². The maximum Gasteiger partial charge on any atom is 0.234 e. The third kappa shape index (κ3) is 6.48. The van der Waals surface area contributed by atoms with E-state index < -0.39 is 0 Å². The van der Waals surface area contributed by atoms with E-state index in [0.29, 0.717) is 13.1 Å². The van der Waals surface area contributed by atoms with Crippen molar-refractivity contribution >= 4 is 17.7 Å². The molecule has 3 rings (SSSR count). The van der Waals surface area contributed by atoms with Gasteiger partial charge in [-0.15, -0.1) is 11.8 Å². The molecule has 0 saturated carbocycles. The summed E-state index contributed by atoms with van der Waals surface area (Å²) in [6, 6.07) is 20.9. The van der Waals surface area contributed by atoms with Crippen LogP contribution in [0, 0.1) is 0 Å². The summed E-state index contributed by atoms with van der Waals surface area (Å²) < 4.78 is 0. The van der Waals surface area contributed by atoms with Crippen LogP contribution in [0.15, 0.2) is 65.6 Å². The molecule has 26 heavy (non-hydrogen) atoms. The van der Waals surface area contributed by atoms with Crippen molar-refractivity contribution in [2.24, 2.45) is 0 Å². The second kappa shape index (κ2) is 10.4. The molecule has 1 amide bonds. The Morgan fingerprint density at radius 2 is 1.50 bits per heavy atom. The molecular weight excluding hydrogens is 342 g/mol. The molecule has 1 fully saturated rings. The summed E-state index contributed by atoms with van der Waals surface area (Å²) in [5, 5.41) is 3.04. The van der Waals surface area contributed by atoms with Crippen LogP contribution < -0.4 is 5.32 Å². The minimum Gasteiger partial charge on any atom is -0.354 e. The number of carbonyl (C=O) groups excluding carboxylic acids is 1. The van der Waals surface area contributed by atoms with Crippen LogP contribution in [-0.2, 0) is 11.3 Å². The van der Waals surface area contributed by atoms with Gasteiger partial charge >= 0.3 is 0 Å². The standard InChI is InChI=1S/C21H27N3OS/c25-21(22-11-16-26-20-9-5-2-6-10-20)18-24-14-12-23(13-15-24)17-19-7-3-1-4-8-19/h1-10H,11-18H2,(H,22,25). The highest BCUT2D eigenvalue weighted by Crippen LogP contribution is 2.15. The molecule has 4 nitrogen and oxygen atoms in total. The van der Waals surface area contributed by atoms with Gasteiger partial charge in [0.05, 0.1) is 6.54 Å². The highest BCUT2D eigenvalue weighted by Gasteiger charge is 2.18. The molecule has 0 radical (unpaired) electrons. The zero-order chi connectivity index (χ0) is 18.0. The van der Waals surface area contributed by atoms with Crippen LogP contribution in [0.5, 0.6) is 0 Å². The van der Waals surface area contributed by atoms with Gasteiger partial charge in [0.15, 0.2) is 0 Å². The average molecular weight is 370 g/mol. The van der Waals surface area contributed by atoms with Crippen molar-refractivity contribution in [2.75, 3.05) is 45.0 Å². The van der Waals surface area contributed by atoms with E-state index in [-0.39, 0.29) is 5.91 Å². The molecule has 0 atom stereocenters. The van der Waals surface area contributed by atoms with Crippen molar-refractivity contribution in [3.63, 3.8) is 0 Å². The highest BCUT2D eigenvalue weighted by atomic mass is 32.2. The molecule has 1 heterocycles. The normalized spacial score (nSPS) is 15.7. The molecule has 5 heteroatoms. The predicted octanol–water partition coefficient (Wildman–Crippen LogP) is 2.71. The van der Waals surface area contributed by atoms with Crippen LogP contribution in [-0.4, -0.2) is 60.7 Å². The van der Waals surface area contributed by atoms with Crippen molar-refractivity contribution in [2.45, 2.75) is 11.4 Å². The number of amides is 1. The molecule has 1 aliphatic rings. The lowest BCUT2D eigenvalue weighted by molar-refractivity contribution is -0.122. The number of thioether (sulfide) groups is 1. The average Bonchev–Trinajstić information content (AvgIpc) is 2.68. The first-order chi connectivity index (χ1) is 12.8. The van der Waals surface area contributed by atoms with Crippen LogP contribution in [0.1, 0.15) is 5.56 Å². The summed E-state index contributed by atoms with van der Waals surface area (Å²) >= 11 is 1.77. The fourth-order valence-electron chi connectivity index (χ4n) is 3.08. The summed E-state index contributed by atoms with van der Waals surface area (Å²) in [6.45, 7) is 6.18. The Hall–Kier alpha value is -1.82. The van der Waals surface area contributed by atoms with E-state index in [2.05, 4.69) is 57.6 Å². The fourth-order valence-corrected chi connectivity index (χ4v) is 3.87. The first-order valence-corrected chi connectivity index (χ1v) is 10.2.